The second kappa shape index (κ2) is 5.14. The Kier molecular flexibility index (Phi) is 3.59. The van der Waals surface area contributed by atoms with Gasteiger partial charge in [0.1, 0.15) is 17.5 Å². The lowest BCUT2D eigenvalue weighted by atomic mass is 10.2. The number of benzene rings is 1. The number of pyridine rings is 1. The normalized spacial score (nSPS) is 10.6. The fourth-order valence-corrected chi connectivity index (χ4v) is 1.62. The fraction of sp³-hybridized carbons (Fsp3) is 0.250. The van der Waals surface area contributed by atoms with Gasteiger partial charge in [0.2, 0.25) is 0 Å². The highest BCUT2D eigenvalue weighted by Crippen LogP contribution is 2.25. The average Bonchev–Trinajstić information content (AvgIpc) is 2.29. The molecule has 2 aromatic rings. The van der Waals surface area contributed by atoms with E-state index >= 15 is 0 Å². The van der Waals surface area contributed by atoms with E-state index in [0.29, 0.717) is 18.4 Å². The summed E-state index contributed by atoms with van der Waals surface area (Å²) in [7, 11) is 1.65. The summed E-state index contributed by atoms with van der Waals surface area (Å²) in [5.74, 6) is 0.804. The number of hydrogen-bond acceptors (Lipinski definition) is 3. The van der Waals surface area contributed by atoms with Crippen molar-refractivity contribution >= 4 is 22.5 Å². The van der Waals surface area contributed by atoms with Gasteiger partial charge in [0.05, 0.1) is 12.1 Å². The van der Waals surface area contributed by atoms with Crippen molar-refractivity contribution in [3.63, 3.8) is 0 Å². The number of methoxy groups -OCH3 is 1. The number of rotatable bonds is 4. The summed E-state index contributed by atoms with van der Waals surface area (Å²) in [5.41, 5.74) is 0.836. The Balaban J connectivity index is 2.30. The van der Waals surface area contributed by atoms with Gasteiger partial charge in [-0.05, 0) is 24.3 Å². The van der Waals surface area contributed by atoms with Crippen molar-refractivity contribution in [3.8, 4) is 5.75 Å². The van der Waals surface area contributed by atoms with Crippen LogP contribution in [-0.4, -0.2) is 25.3 Å². The lowest BCUT2D eigenvalue weighted by Gasteiger charge is -2.08. The van der Waals surface area contributed by atoms with Gasteiger partial charge in [0.15, 0.2) is 0 Å². The standard InChI is InChI=1S/C12H12ClNO2/c1-15-7-8-16-11-4-2-3-10-9(11)5-6-12(13)14-10/h2-6H,7-8H2,1H3. The first-order valence-electron chi connectivity index (χ1n) is 4.98. The molecule has 0 aliphatic carbocycles. The van der Waals surface area contributed by atoms with Gasteiger partial charge < -0.3 is 9.47 Å². The zero-order chi connectivity index (χ0) is 11.4. The minimum Gasteiger partial charge on any atom is -0.490 e. The smallest absolute Gasteiger partial charge is 0.129 e. The topological polar surface area (TPSA) is 31.4 Å². The molecule has 4 heteroatoms. The van der Waals surface area contributed by atoms with Crippen molar-refractivity contribution in [3.05, 3.63) is 35.5 Å². The Labute approximate surface area is 99.0 Å². The van der Waals surface area contributed by atoms with Gasteiger partial charge in [-0.25, -0.2) is 4.98 Å². The van der Waals surface area contributed by atoms with Gasteiger partial charge in [-0.3, -0.25) is 0 Å². The number of aromatic nitrogens is 1. The molecule has 0 radical (unpaired) electrons. The maximum absolute atomic E-state index is 5.83. The van der Waals surface area contributed by atoms with E-state index in [9.17, 15) is 0 Å². The maximum Gasteiger partial charge on any atom is 0.129 e. The molecule has 0 saturated carbocycles. The van der Waals surface area contributed by atoms with Crippen molar-refractivity contribution in [2.75, 3.05) is 20.3 Å². The molecule has 0 fully saturated rings. The van der Waals surface area contributed by atoms with Crippen LogP contribution in [0.15, 0.2) is 30.3 Å². The lowest BCUT2D eigenvalue weighted by molar-refractivity contribution is 0.147. The second-order valence-corrected chi connectivity index (χ2v) is 3.69. The number of ether oxygens (including phenoxy) is 2. The maximum atomic E-state index is 5.83. The molecule has 0 amide bonds. The Hall–Kier alpha value is -1.32. The van der Waals surface area contributed by atoms with E-state index in [4.69, 9.17) is 21.1 Å². The van der Waals surface area contributed by atoms with Crippen molar-refractivity contribution in [2.45, 2.75) is 0 Å². The average molecular weight is 238 g/mol. The van der Waals surface area contributed by atoms with Crippen LogP contribution >= 0.6 is 11.6 Å². The fourth-order valence-electron chi connectivity index (χ4n) is 1.46. The van der Waals surface area contributed by atoms with Crippen LogP contribution in [-0.2, 0) is 4.74 Å². The molecule has 1 aromatic carbocycles. The third-order valence-electron chi connectivity index (χ3n) is 2.20. The molecular weight excluding hydrogens is 226 g/mol. The van der Waals surface area contributed by atoms with E-state index in [0.717, 1.165) is 16.7 Å². The minimum absolute atomic E-state index is 0.488. The molecule has 3 nitrogen and oxygen atoms in total. The summed E-state index contributed by atoms with van der Waals surface area (Å²) < 4.78 is 10.5. The third-order valence-corrected chi connectivity index (χ3v) is 2.41. The predicted octanol–water partition coefficient (Wildman–Crippen LogP) is 2.91. The highest BCUT2D eigenvalue weighted by Gasteiger charge is 2.03. The van der Waals surface area contributed by atoms with Crippen LogP contribution in [0.3, 0.4) is 0 Å². The van der Waals surface area contributed by atoms with Crippen molar-refractivity contribution in [1.82, 2.24) is 4.98 Å². The summed E-state index contributed by atoms with van der Waals surface area (Å²) in [6, 6.07) is 9.38. The molecule has 0 saturated heterocycles. The van der Waals surface area contributed by atoms with Crippen molar-refractivity contribution < 1.29 is 9.47 Å². The Morgan fingerprint density at radius 3 is 2.88 bits per heavy atom. The van der Waals surface area contributed by atoms with E-state index < -0.39 is 0 Å². The Bertz CT molecular complexity index is 487. The van der Waals surface area contributed by atoms with E-state index in [1.165, 1.54) is 0 Å². The number of hydrogen-bond donors (Lipinski definition) is 0. The molecular formula is C12H12ClNO2. The van der Waals surface area contributed by atoms with Crippen molar-refractivity contribution in [2.24, 2.45) is 0 Å². The molecule has 0 unspecified atom stereocenters. The van der Waals surface area contributed by atoms with Crippen molar-refractivity contribution in [1.29, 1.82) is 0 Å². The quantitative estimate of drug-likeness (QED) is 0.605. The first-order valence-corrected chi connectivity index (χ1v) is 5.36. The van der Waals surface area contributed by atoms with Crippen LogP contribution in [0.25, 0.3) is 10.9 Å². The summed E-state index contributed by atoms with van der Waals surface area (Å²) in [6.45, 7) is 1.09. The predicted molar refractivity (Wildman–Crippen MR) is 64.1 cm³/mol. The van der Waals surface area contributed by atoms with Gasteiger partial charge in [-0.2, -0.15) is 0 Å². The Morgan fingerprint density at radius 2 is 2.06 bits per heavy atom. The first kappa shape index (κ1) is 11.2. The van der Waals surface area contributed by atoms with E-state index in [1.807, 2.05) is 24.3 Å². The zero-order valence-corrected chi connectivity index (χ0v) is 9.70. The lowest BCUT2D eigenvalue weighted by Crippen LogP contribution is -2.04. The molecule has 16 heavy (non-hydrogen) atoms. The first-order chi connectivity index (χ1) is 7.81. The molecule has 0 aliphatic rings. The summed E-state index contributed by atoms with van der Waals surface area (Å²) in [4.78, 5) is 4.22. The number of fused-ring (bicyclic) bond motifs is 1. The summed E-state index contributed by atoms with van der Waals surface area (Å²) in [6.07, 6.45) is 0. The SMILES string of the molecule is COCCOc1cccc2nc(Cl)ccc12. The monoisotopic (exact) mass is 237 g/mol. The molecule has 0 N–H and O–H groups in total. The van der Waals surface area contributed by atoms with E-state index in [2.05, 4.69) is 4.98 Å². The van der Waals surface area contributed by atoms with Gasteiger partial charge >= 0.3 is 0 Å². The summed E-state index contributed by atoms with van der Waals surface area (Å²) in [5, 5.41) is 1.45. The molecule has 2 rings (SSSR count). The van der Waals surface area contributed by atoms with Crippen LogP contribution in [0.2, 0.25) is 5.15 Å². The van der Waals surface area contributed by atoms with Crippen LogP contribution in [0.1, 0.15) is 0 Å². The van der Waals surface area contributed by atoms with Crippen LogP contribution in [0, 0.1) is 0 Å². The zero-order valence-electron chi connectivity index (χ0n) is 8.94. The summed E-state index contributed by atoms with van der Waals surface area (Å²) >= 11 is 5.83. The highest BCUT2D eigenvalue weighted by molar-refractivity contribution is 6.29. The van der Waals surface area contributed by atoms with E-state index in [-0.39, 0.29) is 0 Å². The largest absolute Gasteiger partial charge is 0.490 e. The molecule has 0 aliphatic heterocycles. The second-order valence-electron chi connectivity index (χ2n) is 3.30. The van der Waals surface area contributed by atoms with Crippen LogP contribution in [0.5, 0.6) is 5.75 Å². The third kappa shape index (κ3) is 2.43. The number of halogens is 1. The molecule has 1 aromatic heterocycles. The molecule has 0 bridgehead atoms. The van der Waals surface area contributed by atoms with Gasteiger partial charge in [-0.1, -0.05) is 17.7 Å². The van der Waals surface area contributed by atoms with Crippen LogP contribution < -0.4 is 4.74 Å². The van der Waals surface area contributed by atoms with Gasteiger partial charge in [0.25, 0.3) is 0 Å². The molecule has 84 valence electrons. The number of nitrogens with zero attached hydrogens (tertiary/aromatic N) is 1. The Morgan fingerprint density at radius 1 is 1.19 bits per heavy atom. The van der Waals surface area contributed by atoms with Gasteiger partial charge in [-0.15, -0.1) is 0 Å². The van der Waals surface area contributed by atoms with Crippen LogP contribution in [0.4, 0.5) is 0 Å². The minimum atomic E-state index is 0.488. The van der Waals surface area contributed by atoms with E-state index in [1.54, 1.807) is 13.2 Å². The molecule has 1 heterocycles. The molecule has 0 spiro atoms. The van der Waals surface area contributed by atoms with Gasteiger partial charge in [0, 0.05) is 12.5 Å². The highest BCUT2D eigenvalue weighted by atomic mass is 35.5. The molecule has 0 atom stereocenters.